The molecule has 0 unspecified atom stereocenters. The third-order valence-corrected chi connectivity index (χ3v) is 0.111. The van der Waals surface area contributed by atoms with E-state index in [0.717, 1.165) is 0 Å². The quantitative estimate of drug-likeness (QED) is 0.464. The second-order valence-electron chi connectivity index (χ2n) is 1.09. The molecule has 0 spiro atoms. The van der Waals surface area contributed by atoms with Crippen LogP contribution in [0.5, 0.6) is 0 Å². The van der Waals surface area contributed by atoms with Crippen LogP contribution in [0.1, 0.15) is 34.1 Å². The molecule has 10 heavy (non-hydrogen) atoms. The summed E-state index contributed by atoms with van der Waals surface area (Å²) in [5.74, 6) is 0. The Morgan fingerprint density at radius 2 is 1.10 bits per heavy atom. The third kappa shape index (κ3) is 197. The van der Waals surface area contributed by atoms with E-state index in [-0.39, 0.29) is 32.7 Å². The molecular formula is C9H18Y-2. The molecular weight excluding hydrogens is 197 g/mol. The average Bonchev–Trinajstić information content (AvgIpc) is 1.94. The maximum Gasteiger partial charge on any atom is 0 e. The van der Waals surface area contributed by atoms with E-state index < -0.39 is 0 Å². The van der Waals surface area contributed by atoms with Crippen LogP contribution in [0.15, 0.2) is 12.2 Å². The molecule has 0 aromatic carbocycles. The van der Waals surface area contributed by atoms with Crippen molar-refractivity contribution in [1.29, 1.82) is 0 Å². The number of allylic oxidation sites excluding steroid dienone is 2. The van der Waals surface area contributed by atoms with E-state index in [1.54, 1.807) is 0 Å². The van der Waals surface area contributed by atoms with Crippen molar-refractivity contribution in [3.05, 3.63) is 25.3 Å². The second kappa shape index (κ2) is 55.0. The zero-order valence-electron chi connectivity index (χ0n) is 7.59. The largest absolute Gasteiger partial charge is 0.394 e. The van der Waals surface area contributed by atoms with Gasteiger partial charge in [-0.15, -0.1) is 0 Å². The molecule has 0 aromatic heterocycles. The fraction of sp³-hybridized carbons (Fsp3) is 0.556. The van der Waals surface area contributed by atoms with Crippen LogP contribution in [0, 0.1) is 13.2 Å². The number of hydrogen-bond donors (Lipinski definition) is 0. The summed E-state index contributed by atoms with van der Waals surface area (Å²) in [6.45, 7) is 17.7. The first kappa shape index (κ1) is 22.4. The SMILES string of the molecule is CC.CCC.[CH-]=CC=[CH-].[Y]. The maximum absolute atomic E-state index is 4.72. The fourth-order valence-corrected chi connectivity index (χ4v) is 0. The molecule has 0 aliphatic heterocycles. The maximum atomic E-state index is 4.72. The minimum Gasteiger partial charge on any atom is -0.394 e. The summed E-state index contributed by atoms with van der Waals surface area (Å²) in [6, 6.07) is 0. The van der Waals surface area contributed by atoms with Crippen LogP contribution in [0.25, 0.3) is 0 Å². The van der Waals surface area contributed by atoms with E-state index >= 15 is 0 Å². The number of hydrogen-bond acceptors (Lipinski definition) is 0. The molecule has 1 radical (unpaired) electrons. The molecule has 0 nitrogen and oxygen atoms in total. The monoisotopic (exact) mass is 215 g/mol. The molecule has 0 aliphatic rings. The van der Waals surface area contributed by atoms with E-state index in [2.05, 4.69) is 13.8 Å². The minimum atomic E-state index is 0. The average molecular weight is 215 g/mol. The molecule has 0 rings (SSSR count). The van der Waals surface area contributed by atoms with Gasteiger partial charge >= 0.3 is 0 Å². The Labute approximate surface area is 91.7 Å². The first-order chi connectivity index (χ1) is 4.33. The van der Waals surface area contributed by atoms with E-state index in [4.69, 9.17) is 13.2 Å². The fourth-order valence-electron chi connectivity index (χ4n) is 0. The molecule has 0 bridgehead atoms. The van der Waals surface area contributed by atoms with Gasteiger partial charge in [0.15, 0.2) is 0 Å². The van der Waals surface area contributed by atoms with Crippen LogP contribution in [0.3, 0.4) is 0 Å². The van der Waals surface area contributed by atoms with Crippen LogP contribution in [0.2, 0.25) is 0 Å². The normalized spacial score (nSPS) is 4.40. The molecule has 0 N–H and O–H groups in total. The van der Waals surface area contributed by atoms with Gasteiger partial charge < -0.3 is 25.3 Å². The Morgan fingerprint density at radius 3 is 1.10 bits per heavy atom. The summed E-state index contributed by atoms with van der Waals surface area (Å²) in [5.41, 5.74) is 0. The van der Waals surface area contributed by atoms with E-state index in [0.29, 0.717) is 0 Å². The van der Waals surface area contributed by atoms with Crippen molar-refractivity contribution in [2.45, 2.75) is 34.1 Å². The van der Waals surface area contributed by atoms with Crippen molar-refractivity contribution in [2.24, 2.45) is 0 Å². The van der Waals surface area contributed by atoms with Gasteiger partial charge in [0, 0.05) is 32.7 Å². The summed E-state index contributed by atoms with van der Waals surface area (Å²) in [7, 11) is 0. The van der Waals surface area contributed by atoms with Gasteiger partial charge in [0.1, 0.15) is 0 Å². The molecule has 0 heterocycles. The first-order valence-electron chi connectivity index (χ1n) is 3.41. The Balaban J connectivity index is -0.0000000273. The molecule has 0 fully saturated rings. The third-order valence-electron chi connectivity index (χ3n) is 0.111. The minimum absolute atomic E-state index is 0. The van der Waals surface area contributed by atoms with Gasteiger partial charge in [0.2, 0.25) is 0 Å². The molecule has 0 aliphatic carbocycles. The van der Waals surface area contributed by atoms with E-state index in [9.17, 15) is 0 Å². The second-order valence-corrected chi connectivity index (χ2v) is 1.09. The van der Waals surface area contributed by atoms with Crippen molar-refractivity contribution < 1.29 is 32.7 Å². The molecule has 1 heteroatoms. The molecule has 0 atom stereocenters. The zero-order valence-corrected chi connectivity index (χ0v) is 10.4. The van der Waals surface area contributed by atoms with Crippen molar-refractivity contribution in [1.82, 2.24) is 0 Å². The van der Waals surface area contributed by atoms with Gasteiger partial charge in [-0.25, -0.2) is 0 Å². The molecule has 0 saturated heterocycles. The molecule has 0 amide bonds. The molecule has 0 saturated carbocycles. The topological polar surface area (TPSA) is 0 Å². The standard InChI is InChI=1S/C4H4.C3H8.C2H6.Y/c1-3-4-2;1-3-2;1-2;/h1-4H;3H2,1-2H3;1-2H3;/q-2;;;. The van der Waals surface area contributed by atoms with E-state index in [1.807, 2.05) is 13.8 Å². The Kier molecular flexibility index (Phi) is 123. The van der Waals surface area contributed by atoms with Crippen molar-refractivity contribution in [2.75, 3.05) is 0 Å². The van der Waals surface area contributed by atoms with Crippen molar-refractivity contribution >= 4 is 0 Å². The van der Waals surface area contributed by atoms with Gasteiger partial charge in [-0.1, -0.05) is 34.1 Å². The number of rotatable bonds is 1. The predicted molar refractivity (Wildman–Crippen MR) is 45.1 cm³/mol. The molecule has 0 aromatic rings. The summed E-state index contributed by atoms with van der Waals surface area (Å²) >= 11 is 0. The first-order valence-corrected chi connectivity index (χ1v) is 3.41. The summed E-state index contributed by atoms with van der Waals surface area (Å²) in [5, 5.41) is 0. The van der Waals surface area contributed by atoms with Gasteiger partial charge in [-0.05, 0) is 0 Å². The van der Waals surface area contributed by atoms with Gasteiger partial charge in [-0.2, -0.15) is 0 Å². The van der Waals surface area contributed by atoms with Crippen LogP contribution in [-0.4, -0.2) is 0 Å². The van der Waals surface area contributed by atoms with Crippen molar-refractivity contribution in [3.63, 3.8) is 0 Å². The summed E-state index contributed by atoms with van der Waals surface area (Å²) < 4.78 is 0. The zero-order chi connectivity index (χ0) is 8.12. The van der Waals surface area contributed by atoms with Gasteiger partial charge in [-0.3, -0.25) is 0 Å². The van der Waals surface area contributed by atoms with Crippen LogP contribution >= 0.6 is 0 Å². The van der Waals surface area contributed by atoms with E-state index in [1.165, 1.54) is 18.6 Å². The smallest absolute Gasteiger partial charge is 0 e. The molecule has 59 valence electrons. The van der Waals surface area contributed by atoms with Crippen LogP contribution in [0.4, 0.5) is 0 Å². The Bertz CT molecular complexity index is 34.0. The predicted octanol–water partition coefficient (Wildman–Crippen LogP) is 3.40. The van der Waals surface area contributed by atoms with Gasteiger partial charge in [0.05, 0.1) is 0 Å². The van der Waals surface area contributed by atoms with Crippen LogP contribution < -0.4 is 0 Å². The van der Waals surface area contributed by atoms with Gasteiger partial charge in [0.25, 0.3) is 0 Å². The summed E-state index contributed by atoms with van der Waals surface area (Å²) in [6.07, 6.45) is 3.81. The van der Waals surface area contributed by atoms with Crippen molar-refractivity contribution in [3.8, 4) is 0 Å². The Morgan fingerprint density at radius 1 is 1.00 bits per heavy atom. The summed E-state index contributed by atoms with van der Waals surface area (Å²) in [4.78, 5) is 0. The Hall–Kier alpha value is 0.584. The van der Waals surface area contributed by atoms with Crippen LogP contribution in [-0.2, 0) is 32.7 Å².